The smallest absolute Gasteiger partial charge is 0.0444 e. The second-order valence-electron chi connectivity index (χ2n) is 6.26. The largest absolute Gasteiger partial charge is 0.377 e. The molecule has 0 fully saturated rings. The van der Waals surface area contributed by atoms with E-state index in [1.54, 1.807) is 0 Å². The van der Waals surface area contributed by atoms with Crippen molar-refractivity contribution in [1.82, 2.24) is 4.90 Å². The minimum absolute atomic E-state index is 0.187. The molecule has 0 aromatic rings. The highest BCUT2D eigenvalue weighted by atomic mass is 32.1. The molecule has 0 aliphatic rings. The van der Waals surface area contributed by atoms with Gasteiger partial charge in [-0.1, -0.05) is 45.6 Å². The number of hydrogen-bond donors (Lipinski definition) is 1. The number of hydrogen-bond acceptors (Lipinski definition) is 2. The van der Waals surface area contributed by atoms with E-state index in [1.807, 2.05) is 6.08 Å². The number of nitrogens with zero attached hydrogens (tertiary/aromatic N) is 1. The van der Waals surface area contributed by atoms with Gasteiger partial charge in [-0.3, -0.25) is 0 Å². The van der Waals surface area contributed by atoms with Gasteiger partial charge in [-0.05, 0) is 31.1 Å². The Kier molecular flexibility index (Phi) is 8.24. The maximum absolute atomic E-state index is 4.53. The Balaban J connectivity index is 3.92. The number of allylic oxidation sites excluding steroid dienone is 2. The average Bonchev–Trinajstić information content (AvgIpc) is 2.32. The molecule has 0 saturated carbocycles. The molecular formula is C17H31NS. The lowest BCUT2D eigenvalue weighted by Crippen LogP contribution is -2.24. The van der Waals surface area contributed by atoms with Crippen LogP contribution in [0.25, 0.3) is 0 Å². The van der Waals surface area contributed by atoms with E-state index in [1.165, 1.54) is 18.4 Å². The van der Waals surface area contributed by atoms with Crippen molar-refractivity contribution in [3.63, 3.8) is 0 Å². The number of unbranched alkanes of at least 4 members (excludes halogenated alkanes) is 1. The summed E-state index contributed by atoms with van der Waals surface area (Å²) in [4.78, 5) is 2.21. The van der Waals surface area contributed by atoms with Gasteiger partial charge in [0.05, 0.1) is 0 Å². The summed E-state index contributed by atoms with van der Waals surface area (Å²) in [6.45, 7) is 19.7. The first kappa shape index (κ1) is 18.4. The molecule has 0 aliphatic carbocycles. The van der Waals surface area contributed by atoms with Crippen LogP contribution in [0.2, 0.25) is 0 Å². The molecule has 0 aliphatic heterocycles. The predicted octanol–water partition coefficient (Wildman–Crippen LogP) is 5.08. The van der Waals surface area contributed by atoms with Gasteiger partial charge in [0.15, 0.2) is 0 Å². The molecule has 0 heterocycles. The van der Waals surface area contributed by atoms with Crippen LogP contribution in [0, 0.1) is 5.41 Å². The Hall–Kier alpha value is -0.630. The van der Waals surface area contributed by atoms with Gasteiger partial charge >= 0.3 is 0 Å². The first-order chi connectivity index (χ1) is 8.70. The molecule has 0 aromatic heterocycles. The topological polar surface area (TPSA) is 3.24 Å². The van der Waals surface area contributed by atoms with E-state index in [0.29, 0.717) is 0 Å². The third-order valence-electron chi connectivity index (χ3n) is 3.55. The van der Waals surface area contributed by atoms with Crippen LogP contribution in [0.1, 0.15) is 46.5 Å². The Labute approximate surface area is 125 Å². The molecule has 0 bridgehead atoms. The standard InChI is InChI=1S/C17H31NS/c1-8-11-16(19)15(3)18(7)13-10-9-12-14(2)17(4,5)6/h8,16,19H,1-3,9-13H2,4-7H3. The SMILES string of the molecule is C=CCC(S)C(=C)N(C)CCCCC(=C)C(C)(C)C. The van der Waals surface area contributed by atoms with Crippen molar-refractivity contribution >= 4 is 12.6 Å². The van der Waals surface area contributed by atoms with Gasteiger partial charge in [0.2, 0.25) is 0 Å². The molecular weight excluding hydrogens is 250 g/mol. The molecule has 0 aromatic carbocycles. The Morgan fingerprint density at radius 2 is 1.84 bits per heavy atom. The van der Waals surface area contributed by atoms with Gasteiger partial charge in [0, 0.05) is 24.5 Å². The molecule has 0 N–H and O–H groups in total. The highest BCUT2D eigenvalue weighted by molar-refractivity contribution is 7.81. The summed E-state index contributed by atoms with van der Waals surface area (Å²) >= 11 is 4.53. The Morgan fingerprint density at radius 3 is 2.32 bits per heavy atom. The van der Waals surface area contributed by atoms with E-state index >= 15 is 0 Å². The maximum Gasteiger partial charge on any atom is 0.0444 e. The second kappa shape index (κ2) is 8.52. The van der Waals surface area contributed by atoms with Gasteiger partial charge in [-0.25, -0.2) is 0 Å². The van der Waals surface area contributed by atoms with E-state index in [0.717, 1.165) is 25.1 Å². The summed E-state index contributed by atoms with van der Waals surface area (Å²) in [6, 6.07) is 0. The quantitative estimate of drug-likeness (QED) is 0.350. The minimum Gasteiger partial charge on any atom is -0.377 e. The van der Waals surface area contributed by atoms with Gasteiger partial charge in [-0.2, -0.15) is 12.6 Å². The zero-order chi connectivity index (χ0) is 15.1. The van der Waals surface area contributed by atoms with Crippen molar-refractivity contribution < 1.29 is 0 Å². The fourth-order valence-electron chi connectivity index (χ4n) is 1.75. The fourth-order valence-corrected chi connectivity index (χ4v) is 2.10. The summed E-state index contributed by atoms with van der Waals surface area (Å²) in [6.07, 6.45) is 6.23. The Bertz CT molecular complexity index is 312. The molecule has 0 amide bonds. The lowest BCUT2D eigenvalue weighted by molar-refractivity contribution is 0.388. The average molecular weight is 282 g/mol. The van der Waals surface area contributed by atoms with Gasteiger partial charge in [0.1, 0.15) is 0 Å². The normalized spacial score (nSPS) is 12.9. The predicted molar refractivity (Wildman–Crippen MR) is 91.8 cm³/mol. The highest BCUT2D eigenvalue weighted by Crippen LogP contribution is 2.27. The van der Waals surface area contributed by atoms with E-state index in [-0.39, 0.29) is 10.7 Å². The van der Waals surface area contributed by atoms with Gasteiger partial charge in [0.25, 0.3) is 0 Å². The number of rotatable bonds is 9. The van der Waals surface area contributed by atoms with Crippen LogP contribution >= 0.6 is 12.6 Å². The van der Waals surface area contributed by atoms with Crippen LogP contribution in [0.3, 0.4) is 0 Å². The molecule has 1 atom stereocenters. The van der Waals surface area contributed by atoms with Crippen LogP contribution in [0.4, 0.5) is 0 Å². The first-order valence-electron chi connectivity index (χ1n) is 7.07. The summed E-state index contributed by atoms with van der Waals surface area (Å²) in [5.41, 5.74) is 2.65. The van der Waals surface area contributed by atoms with Crippen LogP contribution in [0.5, 0.6) is 0 Å². The van der Waals surface area contributed by atoms with Crippen molar-refractivity contribution in [3.05, 3.63) is 37.1 Å². The summed E-state index contributed by atoms with van der Waals surface area (Å²) in [7, 11) is 2.09. The summed E-state index contributed by atoms with van der Waals surface area (Å²) < 4.78 is 0. The third kappa shape index (κ3) is 7.51. The molecule has 2 heteroatoms. The minimum atomic E-state index is 0.187. The summed E-state index contributed by atoms with van der Waals surface area (Å²) in [5, 5.41) is 0.187. The van der Waals surface area contributed by atoms with Crippen molar-refractivity contribution in [2.75, 3.05) is 13.6 Å². The highest BCUT2D eigenvalue weighted by Gasteiger charge is 2.14. The number of thiol groups is 1. The molecule has 0 spiro atoms. The van der Waals surface area contributed by atoms with Crippen LogP contribution in [-0.2, 0) is 0 Å². The monoisotopic (exact) mass is 281 g/mol. The van der Waals surface area contributed by atoms with Crippen molar-refractivity contribution in [2.24, 2.45) is 5.41 Å². The zero-order valence-electron chi connectivity index (χ0n) is 13.2. The maximum atomic E-state index is 4.53. The van der Waals surface area contributed by atoms with Gasteiger partial charge in [-0.15, -0.1) is 6.58 Å². The van der Waals surface area contributed by atoms with Gasteiger partial charge < -0.3 is 4.90 Å². The van der Waals surface area contributed by atoms with Crippen LogP contribution in [0.15, 0.2) is 37.1 Å². The van der Waals surface area contributed by atoms with E-state index < -0.39 is 0 Å². The van der Waals surface area contributed by atoms with E-state index in [2.05, 4.69) is 65.1 Å². The summed E-state index contributed by atoms with van der Waals surface area (Å²) in [5.74, 6) is 0. The van der Waals surface area contributed by atoms with Crippen LogP contribution in [-0.4, -0.2) is 23.7 Å². The third-order valence-corrected chi connectivity index (χ3v) is 4.06. The van der Waals surface area contributed by atoms with E-state index in [9.17, 15) is 0 Å². The van der Waals surface area contributed by atoms with Crippen LogP contribution < -0.4 is 0 Å². The van der Waals surface area contributed by atoms with Crippen molar-refractivity contribution in [3.8, 4) is 0 Å². The lowest BCUT2D eigenvalue weighted by atomic mass is 9.85. The molecule has 0 rings (SSSR count). The molecule has 0 radical (unpaired) electrons. The lowest BCUT2D eigenvalue weighted by Gasteiger charge is -2.26. The molecule has 19 heavy (non-hydrogen) atoms. The first-order valence-corrected chi connectivity index (χ1v) is 7.59. The Morgan fingerprint density at radius 1 is 1.26 bits per heavy atom. The van der Waals surface area contributed by atoms with Crippen molar-refractivity contribution in [1.29, 1.82) is 0 Å². The van der Waals surface area contributed by atoms with Crippen molar-refractivity contribution in [2.45, 2.75) is 51.7 Å². The molecule has 0 saturated heterocycles. The zero-order valence-corrected chi connectivity index (χ0v) is 14.1. The molecule has 1 unspecified atom stereocenters. The molecule has 1 nitrogen and oxygen atoms in total. The second-order valence-corrected chi connectivity index (χ2v) is 6.89. The van der Waals surface area contributed by atoms with E-state index in [4.69, 9.17) is 0 Å². The molecule has 110 valence electrons. The fraction of sp³-hybridized carbons (Fsp3) is 0.647.